The minimum atomic E-state index is -0.995. The van der Waals surface area contributed by atoms with Crippen molar-refractivity contribution in [2.75, 3.05) is 6.61 Å². The lowest BCUT2D eigenvalue weighted by Crippen LogP contribution is -2.51. The molecule has 0 bridgehead atoms. The molecule has 2 aliphatic heterocycles. The van der Waals surface area contributed by atoms with E-state index < -0.39 is 23.8 Å². The first-order chi connectivity index (χ1) is 16.0. The van der Waals surface area contributed by atoms with E-state index in [-0.39, 0.29) is 12.5 Å². The summed E-state index contributed by atoms with van der Waals surface area (Å²) in [6.07, 6.45) is 0.767. The van der Waals surface area contributed by atoms with Crippen molar-refractivity contribution in [3.05, 3.63) is 100 Å². The largest absolute Gasteiger partial charge is 0.493 e. The summed E-state index contributed by atoms with van der Waals surface area (Å²) in [5.74, 6) is -0.647. The van der Waals surface area contributed by atoms with Crippen molar-refractivity contribution in [1.82, 2.24) is 10.2 Å². The van der Waals surface area contributed by atoms with E-state index in [1.807, 2.05) is 30.3 Å². The third-order valence-corrected chi connectivity index (χ3v) is 6.27. The number of benzene rings is 3. The van der Waals surface area contributed by atoms with Gasteiger partial charge in [0.25, 0.3) is 11.8 Å². The van der Waals surface area contributed by atoms with Gasteiger partial charge in [0.15, 0.2) is 0 Å². The number of rotatable bonds is 5. The second-order valence-electron chi connectivity index (χ2n) is 8.11. The van der Waals surface area contributed by atoms with E-state index in [1.54, 1.807) is 42.5 Å². The third-order valence-electron chi connectivity index (χ3n) is 6.04. The highest BCUT2D eigenvalue weighted by molar-refractivity contribution is 6.30. The fourth-order valence-electron chi connectivity index (χ4n) is 4.41. The molecular formula is C26H21ClN2O4. The lowest BCUT2D eigenvalue weighted by molar-refractivity contribution is -0.126. The van der Waals surface area contributed by atoms with Gasteiger partial charge in [-0.3, -0.25) is 19.3 Å². The topological polar surface area (TPSA) is 75.7 Å². The number of amides is 3. The van der Waals surface area contributed by atoms with Crippen LogP contribution in [0.2, 0.25) is 5.02 Å². The van der Waals surface area contributed by atoms with Crippen molar-refractivity contribution in [3.8, 4) is 5.75 Å². The molecule has 3 aromatic carbocycles. The van der Waals surface area contributed by atoms with Crippen LogP contribution in [-0.2, 0) is 11.2 Å². The zero-order chi connectivity index (χ0) is 22.9. The maximum atomic E-state index is 13.6. The number of fused-ring (bicyclic) bond motifs is 2. The molecule has 2 aliphatic rings. The summed E-state index contributed by atoms with van der Waals surface area (Å²) in [6, 6.07) is 20.0. The molecule has 2 unspecified atom stereocenters. The fourth-order valence-corrected chi connectivity index (χ4v) is 4.59. The number of nitrogens with one attached hydrogen (secondary N) is 1. The molecule has 0 saturated heterocycles. The number of nitrogens with zero attached hydrogens (tertiary/aromatic N) is 1. The Morgan fingerprint density at radius 3 is 2.36 bits per heavy atom. The van der Waals surface area contributed by atoms with Crippen LogP contribution in [0, 0.1) is 0 Å². The molecule has 0 radical (unpaired) electrons. The third kappa shape index (κ3) is 3.98. The molecule has 0 spiro atoms. The number of imide groups is 1. The van der Waals surface area contributed by atoms with E-state index in [2.05, 4.69) is 5.32 Å². The summed E-state index contributed by atoms with van der Waals surface area (Å²) in [5, 5.41) is 3.59. The number of halogens is 1. The summed E-state index contributed by atoms with van der Waals surface area (Å²) in [6.45, 7) is 0.440. The van der Waals surface area contributed by atoms with Gasteiger partial charge in [0.2, 0.25) is 5.91 Å². The number of hydrogen-bond donors (Lipinski definition) is 1. The standard InChI is InChI=1S/C26H21ClN2O4/c27-17-10-11-23-20(15-17)21(12-13-33-23)28-24(30)22(14-16-6-2-1-3-7-16)29-25(31)18-8-4-5-9-19(18)26(29)32/h1-11,15,21-22H,12-14H2,(H,28,30). The SMILES string of the molecule is O=C(NC1CCOc2ccc(Cl)cc21)C(Cc1ccccc1)N1C(=O)c2ccccc2C1=O. The van der Waals surface area contributed by atoms with E-state index in [0.717, 1.165) is 16.0 Å². The van der Waals surface area contributed by atoms with Gasteiger partial charge in [0.05, 0.1) is 23.8 Å². The van der Waals surface area contributed by atoms with Crippen molar-refractivity contribution < 1.29 is 19.1 Å². The average molecular weight is 461 g/mol. The van der Waals surface area contributed by atoms with Crippen LogP contribution in [0.25, 0.3) is 0 Å². The molecule has 0 aliphatic carbocycles. The molecule has 7 heteroatoms. The summed E-state index contributed by atoms with van der Waals surface area (Å²) in [5.41, 5.74) is 2.26. The lowest BCUT2D eigenvalue weighted by atomic mass is 9.98. The monoisotopic (exact) mass is 460 g/mol. The Balaban J connectivity index is 1.47. The first kappa shape index (κ1) is 21.2. The average Bonchev–Trinajstić information content (AvgIpc) is 3.08. The first-order valence-electron chi connectivity index (χ1n) is 10.8. The molecule has 1 N–H and O–H groups in total. The van der Waals surface area contributed by atoms with Crippen molar-refractivity contribution in [1.29, 1.82) is 0 Å². The van der Waals surface area contributed by atoms with Gasteiger partial charge in [-0.2, -0.15) is 0 Å². The Morgan fingerprint density at radius 1 is 1.00 bits per heavy atom. The van der Waals surface area contributed by atoms with Crippen LogP contribution in [0.3, 0.4) is 0 Å². The van der Waals surface area contributed by atoms with Crippen molar-refractivity contribution in [2.45, 2.75) is 24.9 Å². The summed E-state index contributed by atoms with van der Waals surface area (Å²) in [4.78, 5) is 41.0. The zero-order valence-electron chi connectivity index (χ0n) is 17.7. The summed E-state index contributed by atoms with van der Waals surface area (Å²) in [7, 11) is 0. The van der Waals surface area contributed by atoms with Gasteiger partial charge in [-0.15, -0.1) is 0 Å². The van der Waals surface area contributed by atoms with Crippen LogP contribution in [0.15, 0.2) is 72.8 Å². The van der Waals surface area contributed by atoms with Crippen LogP contribution in [-0.4, -0.2) is 35.3 Å². The Morgan fingerprint density at radius 2 is 1.67 bits per heavy atom. The molecule has 0 saturated carbocycles. The van der Waals surface area contributed by atoms with Gasteiger partial charge in [-0.05, 0) is 35.9 Å². The number of carbonyl (C=O) groups is 3. The van der Waals surface area contributed by atoms with Gasteiger partial charge < -0.3 is 10.1 Å². The number of hydrogen-bond acceptors (Lipinski definition) is 4. The zero-order valence-corrected chi connectivity index (χ0v) is 18.4. The quantitative estimate of drug-likeness (QED) is 0.579. The van der Waals surface area contributed by atoms with E-state index in [4.69, 9.17) is 16.3 Å². The number of ether oxygens (including phenoxy) is 1. The minimum Gasteiger partial charge on any atom is -0.493 e. The fraction of sp³-hybridized carbons (Fsp3) is 0.192. The normalized spacial score (nSPS) is 17.7. The highest BCUT2D eigenvalue weighted by Gasteiger charge is 2.43. The van der Waals surface area contributed by atoms with E-state index in [9.17, 15) is 14.4 Å². The van der Waals surface area contributed by atoms with Gasteiger partial charge in [0.1, 0.15) is 11.8 Å². The highest BCUT2D eigenvalue weighted by Crippen LogP contribution is 2.34. The van der Waals surface area contributed by atoms with Crippen LogP contribution in [0.1, 0.15) is 44.3 Å². The molecular weight excluding hydrogens is 440 g/mol. The predicted molar refractivity (Wildman–Crippen MR) is 123 cm³/mol. The molecule has 33 heavy (non-hydrogen) atoms. The Kier molecular flexibility index (Phi) is 5.60. The van der Waals surface area contributed by atoms with E-state index in [0.29, 0.717) is 34.9 Å². The molecule has 6 nitrogen and oxygen atoms in total. The molecule has 5 rings (SSSR count). The first-order valence-corrected chi connectivity index (χ1v) is 11.1. The van der Waals surface area contributed by atoms with E-state index >= 15 is 0 Å². The molecule has 166 valence electrons. The van der Waals surface area contributed by atoms with Crippen molar-refractivity contribution in [2.24, 2.45) is 0 Å². The van der Waals surface area contributed by atoms with Crippen LogP contribution in [0.4, 0.5) is 0 Å². The maximum absolute atomic E-state index is 13.6. The van der Waals surface area contributed by atoms with Crippen LogP contribution >= 0.6 is 11.6 Å². The molecule has 3 amide bonds. The van der Waals surface area contributed by atoms with Gasteiger partial charge in [-0.25, -0.2) is 0 Å². The second-order valence-corrected chi connectivity index (χ2v) is 8.55. The van der Waals surface area contributed by atoms with E-state index in [1.165, 1.54) is 0 Å². The highest BCUT2D eigenvalue weighted by atomic mass is 35.5. The predicted octanol–water partition coefficient (Wildman–Crippen LogP) is 4.19. The Bertz CT molecular complexity index is 1210. The van der Waals surface area contributed by atoms with Crippen molar-refractivity contribution >= 4 is 29.3 Å². The minimum absolute atomic E-state index is 0.212. The Hall–Kier alpha value is -3.64. The summed E-state index contributed by atoms with van der Waals surface area (Å²) >= 11 is 6.18. The van der Waals surface area contributed by atoms with Gasteiger partial charge in [0, 0.05) is 23.4 Å². The lowest BCUT2D eigenvalue weighted by Gasteiger charge is -2.31. The summed E-state index contributed by atoms with van der Waals surface area (Å²) < 4.78 is 5.69. The van der Waals surface area contributed by atoms with Crippen molar-refractivity contribution in [3.63, 3.8) is 0 Å². The molecule has 3 aromatic rings. The van der Waals surface area contributed by atoms with Crippen LogP contribution in [0.5, 0.6) is 5.75 Å². The molecule has 2 heterocycles. The second kappa shape index (κ2) is 8.71. The molecule has 0 fully saturated rings. The van der Waals surface area contributed by atoms with Gasteiger partial charge in [-0.1, -0.05) is 54.1 Å². The van der Waals surface area contributed by atoms with Gasteiger partial charge >= 0.3 is 0 Å². The smallest absolute Gasteiger partial charge is 0.262 e. The maximum Gasteiger partial charge on any atom is 0.262 e. The Labute approximate surface area is 196 Å². The van der Waals surface area contributed by atoms with Crippen LogP contribution < -0.4 is 10.1 Å². The molecule has 2 atom stereocenters. The molecule has 0 aromatic heterocycles. The number of carbonyl (C=O) groups excluding carboxylic acids is 3.